The molecule has 0 saturated heterocycles. The molecule has 14 heavy (non-hydrogen) atoms. The molecular weight excluding hydrogens is 209 g/mol. The lowest BCUT2D eigenvalue weighted by molar-refractivity contribution is -0.387. The highest BCUT2D eigenvalue weighted by Gasteiger charge is 2.14. The maximum atomic E-state index is 12.7. The van der Waals surface area contributed by atoms with Crippen LogP contribution in [0.4, 0.5) is 10.1 Å². The molecule has 4 nitrogen and oxygen atoms in total. The summed E-state index contributed by atoms with van der Waals surface area (Å²) in [5.74, 6) is -0.208. The van der Waals surface area contributed by atoms with Crippen molar-refractivity contribution < 1.29 is 14.4 Å². The van der Waals surface area contributed by atoms with Crippen molar-refractivity contribution in [3.05, 3.63) is 34.1 Å². The van der Waals surface area contributed by atoms with Gasteiger partial charge in [-0.05, 0) is 12.1 Å². The fourth-order valence-corrected chi connectivity index (χ4v) is 1.71. The van der Waals surface area contributed by atoms with Gasteiger partial charge in [0.05, 0.1) is 16.4 Å². The van der Waals surface area contributed by atoms with Gasteiger partial charge in [-0.3, -0.25) is 10.1 Å². The monoisotopic (exact) mass is 217 g/mol. The van der Waals surface area contributed by atoms with Crippen molar-refractivity contribution in [3.8, 4) is 0 Å². The number of aliphatic hydroxyl groups excluding tert-OH is 1. The van der Waals surface area contributed by atoms with E-state index in [1.54, 1.807) is 0 Å². The smallest absolute Gasteiger partial charge is 0.283 e. The van der Waals surface area contributed by atoms with Crippen molar-refractivity contribution in [2.24, 2.45) is 0 Å². The lowest BCUT2D eigenvalue weighted by Crippen LogP contribution is -1.93. The maximum Gasteiger partial charge on any atom is 0.283 e. The summed E-state index contributed by atoms with van der Waals surface area (Å²) in [4.78, 5) is 10.2. The van der Waals surface area contributed by atoms with E-state index in [-0.39, 0.29) is 17.2 Å². The predicted molar refractivity (Wildman–Crippen MR) is 50.9 cm³/mol. The van der Waals surface area contributed by atoms with Gasteiger partial charge in [0.2, 0.25) is 0 Å². The number of thioether (sulfide) groups is 1. The molecule has 0 aromatic heterocycles. The molecule has 6 heteroatoms. The highest BCUT2D eigenvalue weighted by molar-refractivity contribution is 7.99. The molecule has 76 valence electrons. The minimum atomic E-state index is -0.570. The Hall–Kier alpha value is -1.14. The summed E-state index contributed by atoms with van der Waals surface area (Å²) in [6.07, 6.45) is 0. The third kappa shape index (κ3) is 2.68. The largest absolute Gasteiger partial charge is 0.396 e. The number of hydrogen-bond donors (Lipinski definition) is 1. The molecule has 0 aliphatic carbocycles. The minimum Gasteiger partial charge on any atom is -0.396 e. The summed E-state index contributed by atoms with van der Waals surface area (Å²) in [5, 5.41) is 19.0. The summed E-state index contributed by atoms with van der Waals surface area (Å²) in [6.45, 7) is -0.0989. The molecule has 0 saturated carbocycles. The van der Waals surface area contributed by atoms with Crippen LogP contribution in [0.5, 0.6) is 0 Å². The molecule has 1 aromatic rings. The van der Waals surface area contributed by atoms with Gasteiger partial charge >= 0.3 is 0 Å². The second-order valence-electron chi connectivity index (χ2n) is 2.44. The zero-order valence-electron chi connectivity index (χ0n) is 7.14. The first-order valence-electron chi connectivity index (χ1n) is 3.82. The van der Waals surface area contributed by atoms with Gasteiger partial charge in [0.15, 0.2) is 0 Å². The Labute approximate surface area is 83.9 Å². The number of aliphatic hydroxyl groups is 1. The van der Waals surface area contributed by atoms with Crippen LogP contribution in [0.2, 0.25) is 0 Å². The first-order valence-corrected chi connectivity index (χ1v) is 4.81. The van der Waals surface area contributed by atoms with E-state index in [9.17, 15) is 14.5 Å². The summed E-state index contributed by atoms with van der Waals surface area (Å²) in [6, 6.07) is 3.26. The number of rotatable bonds is 4. The SMILES string of the molecule is O=[N+]([O-])c1ccc(F)cc1SCCO. The van der Waals surface area contributed by atoms with E-state index >= 15 is 0 Å². The van der Waals surface area contributed by atoms with E-state index in [0.717, 1.165) is 30.0 Å². The van der Waals surface area contributed by atoms with Crippen molar-refractivity contribution in [1.29, 1.82) is 0 Å². The first-order chi connectivity index (χ1) is 6.65. The van der Waals surface area contributed by atoms with Gasteiger partial charge in [-0.25, -0.2) is 4.39 Å². The Balaban J connectivity index is 2.97. The van der Waals surface area contributed by atoms with Crippen LogP contribution < -0.4 is 0 Å². The molecule has 0 amide bonds. The molecule has 1 N–H and O–H groups in total. The van der Waals surface area contributed by atoms with Gasteiger partial charge in [0, 0.05) is 11.8 Å². The summed E-state index contributed by atoms with van der Waals surface area (Å²) in [7, 11) is 0. The Morgan fingerprint density at radius 3 is 2.86 bits per heavy atom. The van der Waals surface area contributed by atoms with Crippen LogP contribution in [0.15, 0.2) is 23.1 Å². The Morgan fingerprint density at radius 1 is 1.57 bits per heavy atom. The Kier molecular flexibility index (Phi) is 3.84. The predicted octanol–water partition coefficient (Wildman–Crippen LogP) is 1.82. The van der Waals surface area contributed by atoms with Crippen LogP contribution in [0.1, 0.15) is 0 Å². The van der Waals surface area contributed by atoms with Crippen LogP contribution in [-0.4, -0.2) is 22.4 Å². The second-order valence-corrected chi connectivity index (χ2v) is 3.58. The van der Waals surface area contributed by atoms with Gasteiger partial charge in [-0.2, -0.15) is 0 Å². The topological polar surface area (TPSA) is 63.4 Å². The van der Waals surface area contributed by atoms with Crippen LogP contribution in [0, 0.1) is 15.9 Å². The normalized spacial score (nSPS) is 10.1. The average Bonchev–Trinajstić information content (AvgIpc) is 2.14. The number of halogens is 1. The van der Waals surface area contributed by atoms with Gasteiger partial charge in [0.1, 0.15) is 5.82 Å². The minimum absolute atomic E-state index is 0.0989. The molecule has 1 rings (SSSR count). The van der Waals surface area contributed by atoms with Gasteiger partial charge < -0.3 is 5.11 Å². The van der Waals surface area contributed by atoms with Crippen molar-refractivity contribution in [2.75, 3.05) is 12.4 Å². The summed E-state index contributed by atoms with van der Waals surface area (Å²) < 4.78 is 12.7. The van der Waals surface area contributed by atoms with E-state index in [0.29, 0.717) is 5.75 Å². The number of nitro groups is 1. The van der Waals surface area contributed by atoms with Crippen molar-refractivity contribution in [3.63, 3.8) is 0 Å². The molecule has 1 aromatic carbocycles. The zero-order chi connectivity index (χ0) is 10.6. The highest BCUT2D eigenvalue weighted by atomic mass is 32.2. The van der Waals surface area contributed by atoms with Crippen LogP contribution in [-0.2, 0) is 0 Å². The Bertz CT molecular complexity index is 345. The fourth-order valence-electron chi connectivity index (χ4n) is 0.910. The molecule has 0 aliphatic rings. The molecule has 0 aliphatic heterocycles. The molecular formula is C8H8FNO3S. The summed E-state index contributed by atoms with van der Waals surface area (Å²) in [5.41, 5.74) is -0.134. The molecule has 0 heterocycles. The van der Waals surface area contributed by atoms with Crippen LogP contribution in [0.3, 0.4) is 0 Å². The number of nitrogens with zero attached hydrogens (tertiary/aromatic N) is 1. The molecule has 0 atom stereocenters. The van der Waals surface area contributed by atoms with Crippen LogP contribution in [0.25, 0.3) is 0 Å². The van der Waals surface area contributed by atoms with E-state index in [1.165, 1.54) is 0 Å². The number of nitro benzene ring substituents is 1. The molecule has 0 radical (unpaired) electrons. The van der Waals surface area contributed by atoms with Gasteiger partial charge in [0.25, 0.3) is 5.69 Å². The van der Waals surface area contributed by atoms with Crippen molar-refractivity contribution in [2.45, 2.75) is 4.90 Å². The van der Waals surface area contributed by atoms with Crippen molar-refractivity contribution >= 4 is 17.4 Å². The average molecular weight is 217 g/mol. The van der Waals surface area contributed by atoms with Gasteiger partial charge in [-0.1, -0.05) is 0 Å². The fraction of sp³-hybridized carbons (Fsp3) is 0.250. The van der Waals surface area contributed by atoms with E-state index in [1.807, 2.05) is 0 Å². The van der Waals surface area contributed by atoms with Gasteiger partial charge in [-0.15, -0.1) is 11.8 Å². The number of hydrogen-bond acceptors (Lipinski definition) is 4. The second kappa shape index (κ2) is 4.92. The van der Waals surface area contributed by atoms with Crippen molar-refractivity contribution in [1.82, 2.24) is 0 Å². The lowest BCUT2D eigenvalue weighted by Gasteiger charge is -2.00. The summed E-state index contributed by atoms with van der Waals surface area (Å²) >= 11 is 1.06. The van der Waals surface area contributed by atoms with Crippen LogP contribution >= 0.6 is 11.8 Å². The highest BCUT2D eigenvalue weighted by Crippen LogP contribution is 2.29. The van der Waals surface area contributed by atoms with E-state index in [4.69, 9.17) is 5.11 Å². The molecule has 0 bridgehead atoms. The van der Waals surface area contributed by atoms with E-state index < -0.39 is 10.7 Å². The lowest BCUT2D eigenvalue weighted by atomic mass is 10.3. The third-order valence-electron chi connectivity index (χ3n) is 1.47. The third-order valence-corrected chi connectivity index (χ3v) is 2.49. The first kappa shape index (κ1) is 10.9. The molecule has 0 fully saturated rings. The van der Waals surface area contributed by atoms with E-state index in [2.05, 4.69) is 0 Å². The number of benzene rings is 1. The molecule has 0 spiro atoms. The molecule has 0 unspecified atom stereocenters. The zero-order valence-corrected chi connectivity index (χ0v) is 7.96. The quantitative estimate of drug-likeness (QED) is 0.474. The Morgan fingerprint density at radius 2 is 2.29 bits per heavy atom. The maximum absolute atomic E-state index is 12.7. The standard InChI is InChI=1S/C8H8FNO3S/c9-6-1-2-7(10(12)13)8(5-6)14-4-3-11/h1-2,5,11H,3-4H2.